The second-order valence-electron chi connectivity index (χ2n) is 6.35. The van der Waals surface area contributed by atoms with Crippen LogP contribution in [-0.4, -0.2) is 34.1 Å². The Balaban J connectivity index is 1.66. The number of aromatic nitrogens is 1. The van der Waals surface area contributed by atoms with Gasteiger partial charge in [-0.3, -0.25) is 9.69 Å². The number of amides is 3. The molecule has 1 aliphatic heterocycles. The lowest BCUT2D eigenvalue weighted by Crippen LogP contribution is -2.66. The van der Waals surface area contributed by atoms with Crippen molar-refractivity contribution in [3.05, 3.63) is 59.8 Å². The monoisotopic (exact) mass is 351 g/mol. The zero-order valence-electron chi connectivity index (χ0n) is 14.4. The minimum atomic E-state index is -0.556. The number of carbonyl (C=O) groups is 2. The summed E-state index contributed by atoms with van der Waals surface area (Å²) < 4.78 is 0. The summed E-state index contributed by atoms with van der Waals surface area (Å²) in [5.74, 6) is -0.342. The zero-order valence-corrected chi connectivity index (χ0v) is 14.4. The molecule has 134 valence electrons. The van der Waals surface area contributed by atoms with Crippen molar-refractivity contribution in [2.75, 3.05) is 5.73 Å². The molecule has 7 heteroatoms. The first-order chi connectivity index (χ1) is 12.5. The Morgan fingerprint density at radius 2 is 2.12 bits per heavy atom. The smallest absolute Gasteiger partial charge is 0.325 e. The molecular formula is C19H21N5O2. The molecule has 0 aliphatic carbocycles. The number of β-lactam (4-membered cyclic amide) rings is 1. The Bertz CT molecular complexity index is 824. The van der Waals surface area contributed by atoms with Crippen LogP contribution in [0.3, 0.4) is 0 Å². The second kappa shape index (κ2) is 7.35. The van der Waals surface area contributed by atoms with E-state index in [1.807, 2.05) is 37.3 Å². The van der Waals surface area contributed by atoms with Crippen LogP contribution >= 0.6 is 0 Å². The van der Waals surface area contributed by atoms with Crippen molar-refractivity contribution in [3.8, 4) is 0 Å². The van der Waals surface area contributed by atoms with Crippen LogP contribution in [0, 0.1) is 11.3 Å². The number of imide groups is 1. The van der Waals surface area contributed by atoms with Gasteiger partial charge in [-0.2, -0.15) is 0 Å². The van der Waals surface area contributed by atoms with Gasteiger partial charge < -0.3 is 16.5 Å². The largest absolute Gasteiger partial charge is 0.384 e. The van der Waals surface area contributed by atoms with E-state index in [-0.39, 0.29) is 11.9 Å². The van der Waals surface area contributed by atoms with Crippen LogP contribution in [-0.2, 0) is 11.2 Å². The van der Waals surface area contributed by atoms with Crippen molar-refractivity contribution in [2.45, 2.75) is 25.4 Å². The van der Waals surface area contributed by atoms with Gasteiger partial charge in [0.15, 0.2) is 0 Å². The Morgan fingerprint density at radius 3 is 2.77 bits per heavy atom. The van der Waals surface area contributed by atoms with Gasteiger partial charge in [-0.15, -0.1) is 0 Å². The predicted molar refractivity (Wildman–Crippen MR) is 98.6 cm³/mol. The van der Waals surface area contributed by atoms with Gasteiger partial charge in [-0.1, -0.05) is 30.3 Å². The van der Waals surface area contributed by atoms with Crippen LogP contribution in [0.4, 0.5) is 10.6 Å². The third kappa shape index (κ3) is 3.42. The maximum atomic E-state index is 12.5. The average molecular weight is 351 g/mol. The summed E-state index contributed by atoms with van der Waals surface area (Å²) in [5.41, 5.74) is 7.48. The highest BCUT2D eigenvalue weighted by Gasteiger charge is 2.49. The first kappa shape index (κ1) is 17.6. The number of likely N-dealkylation sites (tertiary alicyclic amines) is 1. The van der Waals surface area contributed by atoms with Crippen LogP contribution in [0.25, 0.3) is 0 Å². The van der Waals surface area contributed by atoms with Gasteiger partial charge in [0.25, 0.3) is 0 Å². The van der Waals surface area contributed by atoms with Crippen LogP contribution in [0.15, 0.2) is 48.7 Å². The zero-order chi connectivity index (χ0) is 18.7. The normalized spacial score (nSPS) is 20.2. The molecule has 7 nitrogen and oxygen atoms in total. The summed E-state index contributed by atoms with van der Waals surface area (Å²) in [6.07, 6.45) is 3.15. The van der Waals surface area contributed by atoms with Gasteiger partial charge >= 0.3 is 6.03 Å². The first-order valence-corrected chi connectivity index (χ1v) is 8.40. The number of urea groups is 1. The molecule has 3 unspecified atom stereocenters. The molecule has 3 amide bonds. The van der Waals surface area contributed by atoms with E-state index in [9.17, 15) is 9.59 Å². The molecule has 0 bridgehead atoms. The van der Waals surface area contributed by atoms with Gasteiger partial charge in [-0.05, 0) is 36.6 Å². The molecule has 2 aromatic rings. The third-order valence-corrected chi connectivity index (χ3v) is 4.60. The molecule has 1 fully saturated rings. The SMILES string of the molecule is CC(NC(=O)N1C(=O)C(Cc2ccnc(N)c2)C1C=N)c1ccccc1. The molecule has 1 aromatic heterocycles. The van der Waals surface area contributed by atoms with Crippen molar-refractivity contribution in [3.63, 3.8) is 0 Å². The molecule has 3 rings (SSSR count). The Labute approximate surface area is 151 Å². The van der Waals surface area contributed by atoms with Crippen LogP contribution in [0.5, 0.6) is 0 Å². The summed E-state index contributed by atoms with van der Waals surface area (Å²) in [6.45, 7) is 1.86. The Kier molecular flexibility index (Phi) is 4.97. The molecular weight excluding hydrogens is 330 g/mol. The minimum absolute atomic E-state index is 0.234. The van der Waals surface area contributed by atoms with Crippen molar-refractivity contribution >= 4 is 24.0 Å². The lowest BCUT2D eigenvalue weighted by molar-refractivity contribution is -0.145. The van der Waals surface area contributed by atoms with Crippen LogP contribution in [0.1, 0.15) is 24.1 Å². The lowest BCUT2D eigenvalue weighted by atomic mass is 9.83. The van der Waals surface area contributed by atoms with E-state index in [1.165, 1.54) is 0 Å². The number of hydrogen-bond acceptors (Lipinski definition) is 5. The highest BCUT2D eigenvalue weighted by Crippen LogP contribution is 2.29. The van der Waals surface area contributed by atoms with Crippen molar-refractivity contribution < 1.29 is 9.59 Å². The standard InChI is InChI=1S/C19H21N5O2/c1-12(14-5-3-2-4-6-14)23-19(26)24-16(11-20)15(18(24)25)9-13-7-8-22-17(21)10-13/h2-8,10-12,15-16,20H,9H2,1H3,(H2,21,22)(H,23,26). The number of nitrogens with zero attached hydrogens (tertiary/aromatic N) is 2. The summed E-state index contributed by atoms with van der Waals surface area (Å²) in [6, 6.07) is 11.7. The second-order valence-corrected chi connectivity index (χ2v) is 6.35. The Morgan fingerprint density at radius 1 is 1.38 bits per heavy atom. The number of hydrogen-bond donors (Lipinski definition) is 3. The number of nitrogens with one attached hydrogen (secondary N) is 2. The predicted octanol–water partition coefficient (Wildman–Crippen LogP) is 2.15. The summed E-state index contributed by atoms with van der Waals surface area (Å²) in [7, 11) is 0. The third-order valence-electron chi connectivity index (χ3n) is 4.60. The molecule has 0 saturated carbocycles. The van der Waals surface area contributed by atoms with Gasteiger partial charge in [0.2, 0.25) is 5.91 Å². The fourth-order valence-electron chi connectivity index (χ4n) is 3.16. The van der Waals surface area contributed by atoms with E-state index in [0.29, 0.717) is 12.2 Å². The van der Waals surface area contributed by atoms with Gasteiger partial charge in [-0.25, -0.2) is 9.78 Å². The highest BCUT2D eigenvalue weighted by molar-refractivity contribution is 6.06. The molecule has 26 heavy (non-hydrogen) atoms. The molecule has 2 heterocycles. The van der Waals surface area contributed by atoms with E-state index < -0.39 is 18.0 Å². The van der Waals surface area contributed by atoms with E-state index in [4.69, 9.17) is 11.1 Å². The van der Waals surface area contributed by atoms with E-state index in [2.05, 4.69) is 10.3 Å². The highest BCUT2D eigenvalue weighted by atomic mass is 16.2. The van der Waals surface area contributed by atoms with Crippen molar-refractivity contribution in [2.24, 2.45) is 5.92 Å². The fourth-order valence-corrected chi connectivity index (χ4v) is 3.16. The van der Waals surface area contributed by atoms with E-state index in [1.54, 1.807) is 18.3 Å². The van der Waals surface area contributed by atoms with Crippen molar-refractivity contribution in [1.29, 1.82) is 5.41 Å². The van der Waals surface area contributed by atoms with E-state index in [0.717, 1.165) is 22.2 Å². The Hall–Kier alpha value is -3.22. The number of rotatable bonds is 5. The fraction of sp³-hybridized carbons (Fsp3) is 0.263. The number of anilines is 1. The number of nitrogen functional groups attached to an aromatic ring is 1. The number of benzene rings is 1. The maximum Gasteiger partial charge on any atom is 0.325 e. The number of carbonyl (C=O) groups excluding carboxylic acids is 2. The van der Waals surface area contributed by atoms with E-state index >= 15 is 0 Å². The van der Waals surface area contributed by atoms with Crippen LogP contribution in [0.2, 0.25) is 0 Å². The molecule has 3 atom stereocenters. The molecule has 0 spiro atoms. The quantitative estimate of drug-likeness (QED) is 0.566. The van der Waals surface area contributed by atoms with Crippen LogP contribution < -0.4 is 11.1 Å². The topological polar surface area (TPSA) is 112 Å². The minimum Gasteiger partial charge on any atom is -0.384 e. The summed E-state index contributed by atoms with van der Waals surface area (Å²) in [5, 5.41) is 10.4. The van der Waals surface area contributed by atoms with Crippen molar-refractivity contribution in [1.82, 2.24) is 15.2 Å². The number of nitrogens with two attached hydrogens (primary N) is 1. The lowest BCUT2D eigenvalue weighted by Gasteiger charge is -2.43. The molecule has 1 aromatic carbocycles. The molecule has 1 aliphatic rings. The molecule has 0 radical (unpaired) electrons. The van der Waals surface area contributed by atoms with Gasteiger partial charge in [0.05, 0.1) is 18.0 Å². The summed E-state index contributed by atoms with van der Waals surface area (Å²) in [4.78, 5) is 30.0. The first-order valence-electron chi connectivity index (χ1n) is 8.40. The molecule has 4 N–H and O–H groups in total. The maximum absolute atomic E-state index is 12.5. The molecule has 1 saturated heterocycles. The van der Waals surface area contributed by atoms with Gasteiger partial charge in [0, 0.05) is 12.4 Å². The van der Waals surface area contributed by atoms with Gasteiger partial charge in [0.1, 0.15) is 5.82 Å². The number of pyridine rings is 1. The summed E-state index contributed by atoms with van der Waals surface area (Å²) >= 11 is 0. The average Bonchev–Trinajstić information content (AvgIpc) is 2.64.